The lowest BCUT2D eigenvalue weighted by atomic mass is 10.1. The summed E-state index contributed by atoms with van der Waals surface area (Å²) in [4.78, 5) is 11.6. The van der Waals surface area contributed by atoms with Gasteiger partial charge in [-0.3, -0.25) is 0 Å². The Morgan fingerprint density at radius 3 is 2.86 bits per heavy atom. The highest BCUT2D eigenvalue weighted by Gasteiger charge is 2.27. The predicted octanol–water partition coefficient (Wildman–Crippen LogP) is 2.15. The van der Waals surface area contributed by atoms with Crippen LogP contribution in [0.15, 0.2) is 12.1 Å². The van der Waals surface area contributed by atoms with Crippen LogP contribution in [0, 0.1) is 5.82 Å². The molecular weight excluding hydrogens is 277 g/mol. The number of halogens is 1. The van der Waals surface area contributed by atoms with E-state index in [1.807, 2.05) is 0 Å². The molecule has 116 valence electrons. The second-order valence-electron chi connectivity index (χ2n) is 6.04. The number of amides is 1. The van der Waals surface area contributed by atoms with Crippen molar-refractivity contribution in [3.63, 3.8) is 0 Å². The lowest BCUT2D eigenvalue weighted by Gasteiger charge is -2.20. The zero-order chi connectivity index (χ0) is 15.6. The van der Waals surface area contributed by atoms with Gasteiger partial charge in [-0.2, -0.15) is 0 Å². The zero-order valence-corrected chi connectivity index (χ0v) is 12.4. The molecule has 1 heterocycles. The normalized spacial score (nSPS) is 17.1. The number of ether oxygens (including phenoxy) is 2. The van der Waals surface area contributed by atoms with Gasteiger partial charge in [0.2, 0.25) is 0 Å². The molecule has 1 aromatic carbocycles. The van der Waals surface area contributed by atoms with E-state index >= 15 is 0 Å². The van der Waals surface area contributed by atoms with Crippen LogP contribution in [0.2, 0.25) is 0 Å². The maximum Gasteiger partial charge on any atom is 0.407 e. The van der Waals surface area contributed by atoms with Crippen molar-refractivity contribution >= 4 is 6.09 Å². The third-order valence-corrected chi connectivity index (χ3v) is 2.98. The molecule has 1 atom stereocenters. The molecule has 0 aromatic heterocycles. The van der Waals surface area contributed by atoms with Crippen LogP contribution in [0.4, 0.5) is 9.18 Å². The first kappa shape index (κ1) is 15.6. The van der Waals surface area contributed by atoms with Crippen LogP contribution in [0.1, 0.15) is 31.9 Å². The van der Waals surface area contributed by atoms with Gasteiger partial charge in [0.1, 0.15) is 23.3 Å². The van der Waals surface area contributed by atoms with Crippen molar-refractivity contribution in [3.8, 4) is 5.75 Å². The van der Waals surface area contributed by atoms with E-state index in [-0.39, 0.29) is 19.3 Å². The first-order valence-corrected chi connectivity index (χ1v) is 6.84. The van der Waals surface area contributed by atoms with Gasteiger partial charge in [-0.15, -0.1) is 0 Å². The van der Waals surface area contributed by atoms with Gasteiger partial charge in [-0.05, 0) is 32.9 Å². The Hall–Kier alpha value is -1.82. The zero-order valence-electron chi connectivity index (χ0n) is 12.4. The van der Waals surface area contributed by atoms with E-state index in [0.29, 0.717) is 23.3 Å². The Morgan fingerprint density at radius 2 is 2.24 bits per heavy atom. The predicted molar refractivity (Wildman–Crippen MR) is 74.7 cm³/mol. The molecule has 0 aliphatic carbocycles. The largest absolute Gasteiger partial charge is 0.488 e. The number of carbonyl (C=O) groups is 1. The summed E-state index contributed by atoms with van der Waals surface area (Å²) < 4.78 is 24.2. The average Bonchev–Trinajstić information content (AvgIpc) is 2.76. The number of benzene rings is 1. The molecule has 0 radical (unpaired) electrons. The van der Waals surface area contributed by atoms with Gasteiger partial charge < -0.3 is 19.9 Å². The molecule has 5 nitrogen and oxygen atoms in total. The van der Waals surface area contributed by atoms with Crippen molar-refractivity contribution in [1.82, 2.24) is 5.32 Å². The van der Waals surface area contributed by atoms with Crippen LogP contribution < -0.4 is 10.1 Å². The second kappa shape index (κ2) is 5.89. The van der Waals surface area contributed by atoms with Crippen molar-refractivity contribution in [2.24, 2.45) is 0 Å². The Kier molecular flexibility index (Phi) is 4.37. The maximum absolute atomic E-state index is 13.4. The molecule has 1 aliphatic heterocycles. The Labute approximate surface area is 123 Å². The van der Waals surface area contributed by atoms with Crippen LogP contribution in [0.25, 0.3) is 0 Å². The van der Waals surface area contributed by atoms with Gasteiger partial charge in [0.25, 0.3) is 0 Å². The first-order chi connectivity index (χ1) is 9.78. The van der Waals surface area contributed by atoms with E-state index in [4.69, 9.17) is 9.47 Å². The summed E-state index contributed by atoms with van der Waals surface area (Å²) in [5.74, 6) is 0.108. The first-order valence-electron chi connectivity index (χ1n) is 6.84. The smallest absolute Gasteiger partial charge is 0.407 e. The topological polar surface area (TPSA) is 67.8 Å². The highest BCUT2D eigenvalue weighted by Crippen LogP contribution is 2.33. The van der Waals surface area contributed by atoms with Crippen LogP contribution in [0.5, 0.6) is 5.75 Å². The summed E-state index contributed by atoms with van der Waals surface area (Å²) in [6, 6.07) is 2.64. The number of carbonyl (C=O) groups excluding carboxylic acids is 1. The van der Waals surface area contributed by atoms with Gasteiger partial charge in [-0.1, -0.05) is 0 Å². The fourth-order valence-electron chi connectivity index (χ4n) is 2.21. The van der Waals surface area contributed by atoms with E-state index in [9.17, 15) is 14.3 Å². The molecule has 0 saturated carbocycles. The standard InChI is InChI=1S/C15H20FNO4/c1-15(2,3)21-14(19)17-7-12-6-9-4-11(16)5-10(8-18)13(9)20-12/h4-5,12,18H,6-8H2,1-3H3,(H,17,19). The number of hydrogen-bond acceptors (Lipinski definition) is 4. The Bertz CT molecular complexity index is 539. The fraction of sp³-hybridized carbons (Fsp3) is 0.533. The van der Waals surface area contributed by atoms with E-state index in [2.05, 4.69) is 5.32 Å². The summed E-state index contributed by atoms with van der Waals surface area (Å²) in [6.07, 6.45) is -0.328. The minimum absolute atomic E-state index is 0.260. The second-order valence-corrected chi connectivity index (χ2v) is 6.04. The maximum atomic E-state index is 13.4. The van der Waals surface area contributed by atoms with E-state index in [1.54, 1.807) is 20.8 Å². The molecule has 1 unspecified atom stereocenters. The van der Waals surface area contributed by atoms with Gasteiger partial charge >= 0.3 is 6.09 Å². The van der Waals surface area contributed by atoms with E-state index in [0.717, 1.165) is 0 Å². The van der Waals surface area contributed by atoms with Crippen LogP contribution in [-0.4, -0.2) is 29.4 Å². The lowest BCUT2D eigenvalue weighted by Crippen LogP contribution is -2.38. The summed E-state index contributed by atoms with van der Waals surface area (Å²) in [5.41, 5.74) is 0.566. The van der Waals surface area contributed by atoms with E-state index < -0.39 is 17.5 Å². The average molecular weight is 297 g/mol. The summed E-state index contributed by atoms with van der Waals surface area (Å²) in [7, 11) is 0. The van der Waals surface area contributed by atoms with Gasteiger partial charge in [0.15, 0.2) is 0 Å². The van der Waals surface area contributed by atoms with Crippen molar-refractivity contribution < 1.29 is 23.8 Å². The molecule has 0 spiro atoms. The fourth-order valence-corrected chi connectivity index (χ4v) is 2.21. The van der Waals surface area contributed by atoms with Gasteiger partial charge in [-0.25, -0.2) is 9.18 Å². The Morgan fingerprint density at radius 1 is 1.52 bits per heavy atom. The van der Waals surface area contributed by atoms with Crippen molar-refractivity contribution in [2.45, 2.75) is 45.5 Å². The number of aliphatic hydroxyl groups excluding tert-OH is 1. The summed E-state index contributed by atoms with van der Waals surface area (Å²) >= 11 is 0. The summed E-state index contributed by atoms with van der Waals surface area (Å²) in [5, 5.41) is 11.8. The number of hydrogen-bond donors (Lipinski definition) is 2. The monoisotopic (exact) mass is 297 g/mol. The lowest BCUT2D eigenvalue weighted by molar-refractivity contribution is 0.0505. The number of aliphatic hydroxyl groups is 1. The molecule has 2 rings (SSSR count). The molecular formula is C15H20FNO4. The number of fused-ring (bicyclic) bond motifs is 1. The van der Waals surface area contributed by atoms with Crippen molar-refractivity contribution in [3.05, 3.63) is 29.1 Å². The molecule has 2 N–H and O–H groups in total. The van der Waals surface area contributed by atoms with Crippen LogP contribution >= 0.6 is 0 Å². The minimum Gasteiger partial charge on any atom is -0.488 e. The molecule has 6 heteroatoms. The molecule has 21 heavy (non-hydrogen) atoms. The van der Waals surface area contributed by atoms with Crippen molar-refractivity contribution in [1.29, 1.82) is 0 Å². The van der Waals surface area contributed by atoms with Crippen LogP contribution in [-0.2, 0) is 17.8 Å². The Balaban J connectivity index is 1.93. The van der Waals surface area contributed by atoms with E-state index in [1.165, 1.54) is 12.1 Å². The third kappa shape index (κ3) is 4.07. The quantitative estimate of drug-likeness (QED) is 0.897. The highest BCUT2D eigenvalue weighted by molar-refractivity contribution is 5.67. The van der Waals surface area contributed by atoms with Gasteiger partial charge in [0.05, 0.1) is 13.2 Å². The molecule has 1 amide bonds. The van der Waals surface area contributed by atoms with Crippen LogP contribution in [0.3, 0.4) is 0 Å². The molecule has 0 saturated heterocycles. The third-order valence-electron chi connectivity index (χ3n) is 2.98. The highest BCUT2D eigenvalue weighted by atomic mass is 19.1. The summed E-state index contributed by atoms with van der Waals surface area (Å²) in [6.45, 7) is 5.32. The molecule has 0 bridgehead atoms. The van der Waals surface area contributed by atoms with Gasteiger partial charge in [0, 0.05) is 17.5 Å². The molecule has 1 aromatic rings. The number of alkyl carbamates (subject to hydrolysis) is 1. The molecule has 1 aliphatic rings. The number of nitrogens with one attached hydrogen (secondary N) is 1. The molecule has 0 fully saturated rings. The van der Waals surface area contributed by atoms with Crippen molar-refractivity contribution in [2.75, 3.05) is 6.54 Å². The SMILES string of the molecule is CC(C)(C)OC(=O)NCC1Cc2cc(F)cc(CO)c2O1. The number of rotatable bonds is 3. The minimum atomic E-state index is -0.559.